The zero-order valence-electron chi connectivity index (χ0n) is 19.1. The molecule has 0 amide bonds. The predicted molar refractivity (Wildman–Crippen MR) is 148 cm³/mol. The van der Waals surface area contributed by atoms with Crippen molar-refractivity contribution in [3.63, 3.8) is 0 Å². The molecular formula is C27H21N7S. The van der Waals surface area contributed by atoms with Crippen molar-refractivity contribution in [2.45, 2.75) is 0 Å². The fourth-order valence-electron chi connectivity index (χ4n) is 4.21. The Kier molecular flexibility index (Phi) is 5.08. The van der Waals surface area contributed by atoms with E-state index in [1.165, 1.54) is 0 Å². The molecule has 0 aliphatic heterocycles. The van der Waals surface area contributed by atoms with Crippen molar-refractivity contribution in [1.82, 2.24) is 19.9 Å². The molecule has 0 saturated heterocycles. The van der Waals surface area contributed by atoms with Gasteiger partial charge in [0.1, 0.15) is 0 Å². The van der Waals surface area contributed by atoms with Gasteiger partial charge in [-0.05, 0) is 78.9 Å². The maximum absolute atomic E-state index is 5.53. The molecule has 0 spiro atoms. The van der Waals surface area contributed by atoms with E-state index in [1.807, 2.05) is 80.8 Å². The highest BCUT2D eigenvalue weighted by Gasteiger charge is 2.14. The summed E-state index contributed by atoms with van der Waals surface area (Å²) in [7, 11) is 4.03. The number of fused-ring (bicyclic) bond motifs is 7. The molecule has 2 N–H and O–H groups in total. The number of pyridine rings is 2. The Morgan fingerprint density at radius 1 is 0.686 bits per heavy atom. The van der Waals surface area contributed by atoms with Crippen LogP contribution in [0.1, 0.15) is 0 Å². The molecule has 7 nitrogen and oxygen atoms in total. The third kappa shape index (κ3) is 3.83. The summed E-state index contributed by atoms with van der Waals surface area (Å²) in [5.41, 5.74) is 7.73. The quantitative estimate of drug-likeness (QED) is 0.190. The van der Waals surface area contributed by atoms with E-state index >= 15 is 0 Å². The van der Waals surface area contributed by atoms with Crippen LogP contribution in [0.2, 0.25) is 0 Å². The van der Waals surface area contributed by atoms with Crippen molar-refractivity contribution in [1.29, 1.82) is 0 Å². The van der Waals surface area contributed by atoms with E-state index in [4.69, 9.17) is 22.2 Å². The largest absolute Gasteiger partial charge is 0.378 e. The highest BCUT2D eigenvalue weighted by Crippen LogP contribution is 2.32. The molecular weight excluding hydrogens is 454 g/mol. The Morgan fingerprint density at radius 3 is 1.89 bits per heavy atom. The average Bonchev–Trinajstić information content (AvgIpc) is 2.88. The van der Waals surface area contributed by atoms with E-state index in [0.717, 1.165) is 60.9 Å². The minimum absolute atomic E-state index is 0.502. The monoisotopic (exact) mass is 475 g/mol. The van der Waals surface area contributed by atoms with E-state index in [9.17, 15) is 0 Å². The fraction of sp³-hybridized carbons (Fsp3) is 0.0741. The van der Waals surface area contributed by atoms with Crippen molar-refractivity contribution in [2.24, 2.45) is 0 Å². The highest BCUT2D eigenvalue weighted by atomic mass is 32.1. The SMILES string of the molecule is CN(C)c1ccc(NC(=S)Nc2ccc3nc4c5cccnc5c5ncccc5c4nc3c2)cc1. The second kappa shape index (κ2) is 8.41. The Labute approximate surface area is 206 Å². The molecule has 3 heterocycles. The van der Waals surface area contributed by atoms with Gasteiger partial charge in [0.2, 0.25) is 0 Å². The molecule has 0 unspecified atom stereocenters. The van der Waals surface area contributed by atoms with E-state index in [-0.39, 0.29) is 0 Å². The lowest BCUT2D eigenvalue weighted by molar-refractivity contribution is 1.13. The topological polar surface area (TPSA) is 78.9 Å². The normalized spacial score (nSPS) is 11.3. The van der Waals surface area contributed by atoms with Crippen LogP contribution in [0.3, 0.4) is 0 Å². The van der Waals surface area contributed by atoms with Crippen LogP contribution in [-0.2, 0) is 0 Å². The maximum atomic E-state index is 5.53. The third-order valence-electron chi connectivity index (χ3n) is 5.91. The standard InChI is InChI=1S/C27H21N7S/c1-34(2)18-10-7-16(8-11-18)30-27(35)31-17-9-12-21-22(15-17)33-26-20-6-4-14-29-24(20)23-19(25(26)32-21)5-3-13-28-23/h3-15H,1-2H3,(H2,30,31,35). The number of benzene rings is 3. The van der Waals surface area contributed by atoms with Crippen LogP contribution in [0, 0.1) is 0 Å². The summed E-state index contributed by atoms with van der Waals surface area (Å²) in [6.45, 7) is 0. The molecule has 35 heavy (non-hydrogen) atoms. The molecule has 3 aromatic carbocycles. The van der Waals surface area contributed by atoms with Crippen LogP contribution < -0.4 is 15.5 Å². The summed E-state index contributed by atoms with van der Waals surface area (Å²) >= 11 is 5.53. The maximum Gasteiger partial charge on any atom is 0.175 e. The van der Waals surface area contributed by atoms with Gasteiger partial charge in [-0.1, -0.05) is 0 Å². The van der Waals surface area contributed by atoms with Crippen molar-refractivity contribution in [3.8, 4) is 0 Å². The number of nitrogens with one attached hydrogen (secondary N) is 2. The van der Waals surface area contributed by atoms with Gasteiger partial charge in [-0.25, -0.2) is 9.97 Å². The van der Waals surface area contributed by atoms with E-state index in [1.54, 1.807) is 12.4 Å². The second-order valence-electron chi connectivity index (χ2n) is 8.44. The number of rotatable bonds is 3. The number of anilines is 3. The molecule has 0 radical (unpaired) electrons. The third-order valence-corrected chi connectivity index (χ3v) is 6.12. The number of thiocarbonyl (C=S) groups is 1. The molecule has 0 saturated carbocycles. The first kappa shape index (κ1) is 21.1. The first-order valence-corrected chi connectivity index (χ1v) is 11.6. The van der Waals surface area contributed by atoms with Gasteiger partial charge in [0.15, 0.2) is 5.11 Å². The highest BCUT2D eigenvalue weighted by molar-refractivity contribution is 7.80. The van der Waals surface area contributed by atoms with Gasteiger partial charge in [-0.15, -0.1) is 0 Å². The Bertz CT molecular complexity index is 1750. The van der Waals surface area contributed by atoms with E-state index in [2.05, 4.69) is 25.5 Å². The first-order chi connectivity index (χ1) is 17.1. The minimum Gasteiger partial charge on any atom is -0.378 e. The van der Waals surface area contributed by atoms with E-state index < -0.39 is 0 Å². The van der Waals surface area contributed by atoms with Gasteiger partial charge in [-0.3, -0.25) is 9.97 Å². The first-order valence-electron chi connectivity index (χ1n) is 11.2. The predicted octanol–water partition coefficient (Wildman–Crippen LogP) is 5.75. The van der Waals surface area contributed by atoms with Crippen LogP contribution in [0.4, 0.5) is 17.1 Å². The van der Waals surface area contributed by atoms with Gasteiger partial charge in [0.25, 0.3) is 0 Å². The van der Waals surface area contributed by atoms with Crippen molar-refractivity contribution in [3.05, 3.63) is 79.1 Å². The summed E-state index contributed by atoms with van der Waals surface area (Å²) in [5, 5.41) is 8.86. The Hall–Kier alpha value is -4.43. The number of hydrogen-bond donors (Lipinski definition) is 2. The van der Waals surface area contributed by atoms with Crippen LogP contribution >= 0.6 is 12.2 Å². The van der Waals surface area contributed by atoms with Crippen LogP contribution in [0.5, 0.6) is 0 Å². The molecule has 0 aliphatic carbocycles. The van der Waals surface area contributed by atoms with Crippen LogP contribution in [0.15, 0.2) is 79.1 Å². The molecule has 6 aromatic rings. The second-order valence-corrected chi connectivity index (χ2v) is 8.85. The summed E-state index contributed by atoms with van der Waals surface area (Å²) in [6.07, 6.45) is 3.56. The number of nitrogens with zero attached hydrogens (tertiary/aromatic N) is 5. The van der Waals surface area contributed by atoms with Gasteiger partial charge in [-0.2, -0.15) is 0 Å². The van der Waals surface area contributed by atoms with Gasteiger partial charge >= 0.3 is 0 Å². The molecule has 0 atom stereocenters. The zero-order chi connectivity index (χ0) is 23.9. The summed E-state index contributed by atoms with van der Waals surface area (Å²) < 4.78 is 0. The average molecular weight is 476 g/mol. The molecule has 8 heteroatoms. The Morgan fingerprint density at radius 2 is 1.26 bits per heavy atom. The van der Waals surface area contributed by atoms with Gasteiger partial charge in [0.05, 0.1) is 33.1 Å². The fourth-order valence-corrected chi connectivity index (χ4v) is 4.45. The summed E-state index contributed by atoms with van der Waals surface area (Å²) in [4.78, 5) is 21.2. The molecule has 0 bridgehead atoms. The van der Waals surface area contributed by atoms with Crippen molar-refractivity contribution < 1.29 is 0 Å². The number of aromatic nitrogens is 4. The van der Waals surface area contributed by atoms with Gasteiger partial charge < -0.3 is 15.5 Å². The van der Waals surface area contributed by atoms with Crippen molar-refractivity contribution in [2.75, 3.05) is 29.6 Å². The lowest BCUT2D eigenvalue weighted by Gasteiger charge is -2.14. The lowest BCUT2D eigenvalue weighted by Crippen LogP contribution is -2.19. The molecule has 3 aromatic heterocycles. The van der Waals surface area contributed by atoms with Gasteiger partial charge in [0, 0.05) is 54.3 Å². The van der Waals surface area contributed by atoms with Crippen molar-refractivity contribution >= 4 is 78.3 Å². The molecule has 0 fully saturated rings. The minimum atomic E-state index is 0.502. The summed E-state index contributed by atoms with van der Waals surface area (Å²) in [5.74, 6) is 0. The van der Waals surface area contributed by atoms with E-state index in [0.29, 0.717) is 5.11 Å². The smallest absolute Gasteiger partial charge is 0.175 e. The molecule has 6 rings (SSSR count). The molecule has 170 valence electrons. The number of hydrogen-bond acceptors (Lipinski definition) is 6. The van der Waals surface area contributed by atoms with Crippen LogP contribution in [-0.4, -0.2) is 39.1 Å². The molecule has 0 aliphatic rings. The zero-order valence-corrected chi connectivity index (χ0v) is 20.0. The van der Waals surface area contributed by atoms with Crippen LogP contribution in [0.25, 0.3) is 43.9 Å². The lowest BCUT2D eigenvalue weighted by atomic mass is 10.1. The summed E-state index contributed by atoms with van der Waals surface area (Å²) in [6, 6.07) is 21.8. The Balaban J connectivity index is 1.37.